The van der Waals surface area contributed by atoms with Gasteiger partial charge in [0.05, 0.1) is 11.3 Å². The van der Waals surface area contributed by atoms with E-state index in [1.807, 2.05) is 17.0 Å². The van der Waals surface area contributed by atoms with Gasteiger partial charge < -0.3 is 15.5 Å². The lowest BCUT2D eigenvalue weighted by Gasteiger charge is -2.37. The topological polar surface area (TPSA) is 96.9 Å². The Labute approximate surface area is 208 Å². The number of hydrogen-bond acceptors (Lipinski definition) is 7. The van der Waals surface area contributed by atoms with Crippen molar-refractivity contribution >= 4 is 17.4 Å². The first-order valence-electron chi connectivity index (χ1n) is 12.1. The van der Waals surface area contributed by atoms with Gasteiger partial charge in [-0.05, 0) is 68.6 Å². The summed E-state index contributed by atoms with van der Waals surface area (Å²) >= 11 is 0. The second-order valence-electron chi connectivity index (χ2n) is 9.33. The van der Waals surface area contributed by atoms with Crippen LogP contribution in [0.4, 0.5) is 19.0 Å². The fourth-order valence-electron chi connectivity index (χ4n) is 4.96. The summed E-state index contributed by atoms with van der Waals surface area (Å²) in [6.07, 6.45) is 1.00. The van der Waals surface area contributed by atoms with E-state index in [-0.39, 0.29) is 17.7 Å². The summed E-state index contributed by atoms with van der Waals surface area (Å²) in [6, 6.07) is 6.16. The van der Waals surface area contributed by atoms with E-state index >= 15 is 0 Å². The Morgan fingerprint density at radius 1 is 1.08 bits per heavy atom. The summed E-state index contributed by atoms with van der Waals surface area (Å²) < 4.78 is 38.7. The highest BCUT2D eigenvalue weighted by molar-refractivity contribution is 6.00. The zero-order valence-electron chi connectivity index (χ0n) is 20.2. The lowest BCUT2D eigenvalue weighted by atomic mass is 9.88. The van der Waals surface area contributed by atoms with Crippen LogP contribution in [-0.4, -0.2) is 64.7 Å². The number of halogens is 3. The zero-order valence-corrected chi connectivity index (χ0v) is 20.2. The van der Waals surface area contributed by atoms with Crippen molar-refractivity contribution in [2.45, 2.75) is 38.4 Å². The molecule has 0 aliphatic carbocycles. The van der Waals surface area contributed by atoms with Crippen molar-refractivity contribution in [2.24, 2.45) is 17.0 Å². The molecule has 194 valence electrons. The number of carbonyl (C=O) groups excluding carboxylic acids is 1. The second-order valence-corrected chi connectivity index (χ2v) is 9.33. The third-order valence-corrected chi connectivity index (χ3v) is 6.92. The monoisotopic (exact) mass is 504 g/mol. The third-order valence-electron chi connectivity index (χ3n) is 6.92. The van der Waals surface area contributed by atoms with Gasteiger partial charge >= 0.3 is 6.18 Å². The highest BCUT2D eigenvalue weighted by atomic mass is 19.4. The van der Waals surface area contributed by atoms with Gasteiger partial charge in [-0.25, -0.2) is 4.98 Å². The molecule has 0 aromatic carbocycles. The van der Waals surface area contributed by atoms with Crippen molar-refractivity contribution < 1.29 is 22.8 Å². The molecule has 2 aliphatic rings. The molecule has 0 radical (unpaired) electrons. The van der Waals surface area contributed by atoms with E-state index in [2.05, 4.69) is 20.0 Å². The average molecular weight is 505 g/mol. The number of rotatable bonds is 6. The molecule has 1 amide bonds. The molecular formula is C25H31F3N6O2. The maximum Gasteiger partial charge on any atom is 0.417 e. The highest BCUT2D eigenvalue weighted by Gasteiger charge is 2.34. The fraction of sp³-hybridized carbons (Fsp3) is 0.520. The smallest absolute Gasteiger partial charge is 0.399 e. The van der Waals surface area contributed by atoms with Crippen LogP contribution >= 0.6 is 0 Å². The Morgan fingerprint density at radius 2 is 1.78 bits per heavy atom. The predicted molar refractivity (Wildman–Crippen MR) is 129 cm³/mol. The first-order chi connectivity index (χ1) is 17.2. The van der Waals surface area contributed by atoms with Gasteiger partial charge in [0.25, 0.3) is 0 Å². The van der Waals surface area contributed by atoms with E-state index in [1.54, 1.807) is 6.20 Å². The standard InChI is InChI=1S/C25H31F3N6O2/c1-36-32-23(21-3-2-20(15-31-21)25(26,27)28)18-7-12-34(13-8-18)24(35)19-5-10-33(11-6-19)16-17-4-9-30-22(29)14-17/h2-4,9,14-15,18-19H,5-8,10-13,16H2,1H3,(H2,29,30)/b32-23-. The van der Waals surface area contributed by atoms with E-state index in [9.17, 15) is 18.0 Å². The number of nitrogens with two attached hydrogens (primary N) is 1. The van der Waals surface area contributed by atoms with Crippen LogP contribution in [0, 0.1) is 11.8 Å². The number of anilines is 1. The van der Waals surface area contributed by atoms with E-state index in [4.69, 9.17) is 10.6 Å². The van der Waals surface area contributed by atoms with Crippen LogP contribution in [0.25, 0.3) is 0 Å². The van der Waals surface area contributed by atoms with Crippen LogP contribution in [0.2, 0.25) is 0 Å². The maximum absolute atomic E-state index is 13.2. The maximum atomic E-state index is 13.2. The Morgan fingerprint density at radius 3 is 2.36 bits per heavy atom. The summed E-state index contributed by atoms with van der Waals surface area (Å²) in [7, 11) is 1.40. The van der Waals surface area contributed by atoms with Crippen LogP contribution in [0.15, 0.2) is 41.8 Å². The molecule has 2 fully saturated rings. The second kappa shape index (κ2) is 11.2. The molecular weight excluding hydrogens is 473 g/mol. The van der Waals surface area contributed by atoms with E-state index in [1.165, 1.54) is 13.2 Å². The van der Waals surface area contributed by atoms with Crippen LogP contribution < -0.4 is 5.73 Å². The first kappa shape index (κ1) is 25.9. The van der Waals surface area contributed by atoms with E-state index in [0.717, 1.165) is 50.3 Å². The van der Waals surface area contributed by atoms with E-state index in [0.29, 0.717) is 43.2 Å². The molecule has 0 saturated carbocycles. The summed E-state index contributed by atoms with van der Waals surface area (Å²) in [5, 5.41) is 4.07. The molecule has 0 unspecified atom stereocenters. The number of amides is 1. The van der Waals surface area contributed by atoms with Crippen molar-refractivity contribution in [3.05, 3.63) is 53.5 Å². The SMILES string of the molecule is CO/N=C(\c1ccc(C(F)(F)F)cn1)C1CCN(C(=O)C2CCN(Cc3ccnc(N)c3)CC2)CC1. The van der Waals surface area contributed by atoms with Crippen LogP contribution in [0.1, 0.15) is 42.5 Å². The number of nitrogens with zero attached hydrogens (tertiary/aromatic N) is 5. The minimum atomic E-state index is -4.45. The van der Waals surface area contributed by atoms with Gasteiger partial charge in [0.15, 0.2) is 0 Å². The molecule has 2 aromatic rings. The molecule has 4 heterocycles. The Balaban J connectivity index is 1.29. The number of aromatic nitrogens is 2. The number of hydrogen-bond donors (Lipinski definition) is 1. The number of alkyl halides is 3. The number of carbonyl (C=O) groups is 1. The fourth-order valence-corrected chi connectivity index (χ4v) is 4.96. The lowest BCUT2D eigenvalue weighted by molar-refractivity contribution is -0.138. The molecule has 2 aliphatic heterocycles. The van der Waals surface area contributed by atoms with Gasteiger partial charge in [-0.15, -0.1) is 0 Å². The van der Waals surface area contributed by atoms with Crippen LogP contribution in [-0.2, 0) is 22.4 Å². The number of piperidine rings is 2. The average Bonchev–Trinajstić information content (AvgIpc) is 2.87. The van der Waals surface area contributed by atoms with Crippen molar-refractivity contribution in [2.75, 3.05) is 39.0 Å². The highest BCUT2D eigenvalue weighted by Crippen LogP contribution is 2.30. The molecule has 8 nitrogen and oxygen atoms in total. The van der Waals surface area contributed by atoms with Crippen molar-refractivity contribution in [3.8, 4) is 0 Å². The minimum absolute atomic E-state index is 0.00371. The summed E-state index contributed by atoms with van der Waals surface area (Å²) in [5.41, 5.74) is 6.96. The van der Waals surface area contributed by atoms with Gasteiger partial charge in [-0.3, -0.25) is 14.7 Å². The summed E-state index contributed by atoms with van der Waals surface area (Å²) in [5.74, 6) is 0.643. The number of pyridine rings is 2. The molecule has 2 aromatic heterocycles. The minimum Gasteiger partial charge on any atom is -0.399 e. The van der Waals surface area contributed by atoms with Crippen molar-refractivity contribution in [1.29, 1.82) is 0 Å². The molecule has 0 bridgehead atoms. The van der Waals surface area contributed by atoms with Crippen LogP contribution in [0.3, 0.4) is 0 Å². The predicted octanol–water partition coefficient (Wildman–Crippen LogP) is 3.58. The van der Waals surface area contributed by atoms with Gasteiger partial charge in [-0.1, -0.05) is 5.16 Å². The van der Waals surface area contributed by atoms with Crippen molar-refractivity contribution in [1.82, 2.24) is 19.8 Å². The van der Waals surface area contributed by atoms with Gasteiger partial charge in [0, 0.05) is 43.9 Å². The van der Waals surface area contributed by atoms with Gasteiger partial charge in [0.1, 0.15) is 18.6 Å². The lowest BCUT2D eigenvalue weighted by Crippen LogP contribution is -2.46. The normalized spacial score (nSPS) is 18.9. The first-order valence-corrected chi connectivity index (χ1v) is 12.1. The Bertz CT molecular complexity index is 1060. The molecule has 4 rings (SSSR count). The van der Waals surface area contributed by atoms with Crippen molar-refractivity contribution in [3.63, 3.8) is 0 Å². The molecule has 36 heavy (non-hydrogen) atoms. The molecule has 0 atom stereocenters. The van der Waals surface area contributed by atoms with E-state index < -0.39 is 11.7 Å². The number of oxime groups is 1. The summed E-state index contributed by atoms with van der Waals surface area (Å²) in [6.45, 7) is 3.63. The molecule has 2 N–H and O–H groups in total. The summed E-state index contributed by atoms with van der Waals surface area (Å²) in [4.78, 5) is 30.4. The van der Waals surface area contributed by atoms with Gasteiger partial charge in [0.2, 0.25) is 5.91 Å². The number of likely N-dealkylation sites (tertiary alicyclic amines) is 2. The number of nitrogen functional groups attached to an aromatic ring is 1. The largest absolute Gasteiger partial charge is 0.417 e. The Hall–Kier alpha value is -3.21. The zero-order chi connectivity index (χ0) is 25.7. The quantitative estimate of drug-likeness (QED) is 0.477. The third kappa shape index (κ3) is 6.31. The van der Waals surface area contributed by atoms with Crippen LogP contribution in [0.5, 0.6) is 0 Å². The molecule has 0 spiro atoms. The molecule has 11 heteroatoms. The Kier molecular flexibility index (Phi) is 8.07. The molecule has 2 saturated heterocycles. The van der Waals surface area contributed by atoms with Gasteiger partial charge in [-0.2, -0.15) is 13.2 Å².